The van der Waals surface area contributed by atoms with E-state index in [1.165, 1.54) is 0 Å². The Morgan fingerprint density at radius 3 is 2.57 bits per heavy atom. The highest BCUT2D eigenvalue weighted by atomic mass is 16.6. The zero-order valence-corrected chi connectivity index (χ0v) is 15.1. The summed E-state index contributed by atoms with van der Waals surface area (Å²) < 4.78 is 5.32. The van der Waals surface area contributed by atoms with Gasteiger partial charge in [0.2, 0.25) is 5.91 Å². The summed E-state index contributed by atoms with van der Waals surface area (Å²) in [4.78, 5) is 25.4. The van der Waals surface area contributed by atoms with E-state index in [1.54, 1.807) is 0 Å². The molecule has 2 atom stereocenters. The first-order valence-corrected chi connectivity index (χ1v) is 8.60. The average molecular weight is 325 g/mol. The molecule has 2 amide bonds. The Hall–Kier alpha value is -1.30. The van der Waals surface area contributed by atoms with Gasteiger partial charge in [0.1, 0.15) is 5.60 Å². The zero-order chi connectivity index (χ0) is 17.3. The fourth-order valence-electron chi connectivity index (χ4n) is 3.28. The number of carbonyl (C=O) groups is 2. The predicted octanol–water partition coefficient (Wildman–Crippen LogP) is 1.89. The van der Waals surface area contributed by atoms with E-state index in [-0.39, 0.29) is 23.5 Å². The number of nitrogens with zero attached hydrogens (tertiary/aromatic N) is 1. The molecule has 2 unspecified atom stereocenters. The molecule has 0 aromatic heterocycles. The Labute approximate surface area is 139 Å². The zero-order valence-electron chi connectivity index (χ0n) is 15.1. The lowest BCUT2D eigenvalue weighted by Gasteiger charge is -2.52. The summed E-state index contributed by atoms with van der Waals surface area (Å²) in [7, 11) is 0. The van der Waals surface area contributed by atoms with Crippen molar-refractivity contribution in [1.29, 1.82) is 0 Å². The molecule has 0 radical (unpaired) electrons. The van der Waals surface area contributed by atoms with Gasteiger partial charge in [-0.3, -0.25) is 4.79 Å². The SMILES string of the molecule is CC(C)(C)OC(=O)NC1CC(NCCN2CCCC2=O)C1(C)C. The van der Waals surface area contributed by atoms with Crippen LogP contribution in [0.25, 0.3) is 0 Å². The van der Waals surface area contributed by atoms with Crippen LogP contribution in [0, 0.1) is 5.41 Å². The van der Waals surface area contributed by atoms with Gasteiger partial charge in [0, 0.05) is 43.6 Å². The van der Waals surface area contributed by atoms with Crippen LogP contribution in [0.4, 0.5) is 4.79 Å². The first-order valence-electron chi connectivity index (χ1n) is 8.60. The predicted molar refractivity (Wildman–Crippen MR) is 89.2 cm³/mol. The lowest BCUT2D eigenvalue weighted by molar-refractivity contribution is -0.127. The van der Waals surface area contributed by atoms with E-state index in [0.717, 1.165) is 32.5 Å². The van der Waals surface area contributed by atoms with Gasteiger partial charge < -0.3 is 20.3 Å². The summed E-state index contributed by atoms with van der Waals surface area (Å²) in [5, 5.41) is 6.49. The normalized spacial score (nSPS) is 26.8. The second-order valence-corrected chi connectivity index (χ2v) is 8.25. The Morgan fingerprint density at radius 2 is 2.04 bits per heavy atom. The standard InChI is InChI=1S/C17H31N3O3/c1-16(2,3)23-15(22)19-13-11-12(17(13,4)5)18-8-10-20-9-6-7-14(20)21/h12-13,18H,6-11H2,1-5H3,(H,19,22). The van der Waals surface area contributed by atoms with Crippen LogP contribution in [0.1, 0.15) is 53.9 Å². The van der Waals surface area contributed by atoms with E-state index in [1.807, 2.05) is 25.7 Å². The fraction of sp³-hybridized carbons (Fsp3) is 0.882. The number of likely N-dealkylation sites (tertiary alicyclic amines) is 1. The molecular formula is C17H31N3O3. The van der Waals surface area contributed by atoms with Crippen molar-refractivity contribution in [3.63, 3.8) is 0 Å². The maximum absolute atomic E-state index is 11.9. The van der Waals surface area contributed by atoms with Gasteiger partial charge in [-0.15, -0.1) is 0 Å². The summed E-state index contributed by atoms with van der Waals surface area (Å²) in [6, 6.07) is 0.461. The maximum atomic E-state index is 11.9. The molecule has 2 fully saturated rings. The van der Waals surface area contributed by atoms with Crippen molar-refractivity contribution in [2.75, 3.05) is 19.6 Å². The van der Waals surface area contributed by atoms with Crippen LogP contribution in [0.3, 0.4) is 0 Å². The van der Waals surface area contributed by atoms with E-state index in [0.29, 0.717) is 12.5 Å². The molecule has 0 spiro atoms. The molecule has 2 N–H and O–H groups in total. The minimum absolute atomic E-state index is 0.0219. The van der Waals surface area contributed by atoms with Gasteiger partial charge in [0.25, 0.3) is 0 Å². The largest absolute Gasteiger partial charge is 0.444 e. The van der Waals surface area contributed by atoms with E-state index >= 15 is 0 Å². The lowest BCUT2D eigenvalue weighted by atomic mass is 9.63. The average Bonchev–Trinajstić information content (AvgIpc) is 2.80. The van der Waals surface area contributed by atoms with Crippen LogP contribution in [0.2, 0.25) is 0 Å². The van der Waals surface area contributed by atoms with Crippen molar-refractivity contribution in [1.82, 2.24) is 15.5 Å². The highest BCUT2D eigenvalue weighted by molar-refractivity contribution is 5.78. The molecule has 0 aromatic carbocycles. The fourth-order valence-corrected chi connectivity index (χ4v) is 3.28. The van der Waals surface area contributed by atoms with Crippen molar-refractivity contribution in [2.24, 2.45) is 5.41 Å². The molecule has 0 bridgehead atoms. The van der Waals surface area contributed by atoms with Crippen LogP contribution in [-0.2, 0) is 9.53 Å². The number of alkyl carbamates (subject to hydrolysis) is 1. The van der Waals surface area contributed by atoms with Gasteiger partial charge >= 0.3 is 6.09 Å². The molecule has 2 rings (SSSR count). The maximum Gasteiger partial charge on any atom is 0.407 e. The third-order valence-corrected chi connectivity index (χ3v) is 4.90. The summed E-state index contributed by atoms with van der Waals surface area (Å²) in [5.41, 5.74) is -0.496. The molecule has 6 nitrogen and oxygen atoms in total. The van der Waals surface area contributed by atoms with E-state index < -0.39 is 5.60 Å². The number of hydrogen-bond donors (Lipinski definition) is 2. The lowest BCUT2D eigenvalue weighted by Crippen LogP contribution is -2.66. The third kappa shape index (κ3) is 4.59. The van der Waals surface area contributed by atoms with Crippen molar-refractivity contribution >= 4 is 12.0 Å². The minimum atomic E-state index is -0.474. The molecule has 1 saturated heterocycles. The Balaban J connectivity index is 1.71. The van der Waals surface area contributed by atoms with Gasteiger partial charge in [-0.1, -0.05) is 13.8 Å². The number of ether oxygens (including phenoxy) is 1. The molecule has 2 aliphatic rings. The van der Waals surface area contributed by atoms with Crippen LogP contribution in [0.5, 0.6) is 0 Å². The number of carbonyl (C=O) groups excluding carboxylic acids is 2. The van der Waals surface area contributed by atoms with Gasteiger partial charge in [-0.25, -0.2) is 4.79 Å². The van der Waals surface area contributed by atoms with Crippen molar-refractivity contribution in [3.8, 4) is 0 Å². The molecule has 0 aromatic rings. The Morgan fingerprint density at radius 1 is 1.35 bits per heavy atom. The van der Waals surface area contributed by atoms with Crippen molar-refractivity contribution in [3.05, 3.63) is 0 Å². The molecule has 1 aliphatic carbocycles. The van der Waals surface area contributed by atoms with Gasteiger partial charge in [-0.2, -0.15) is 0 Å². The van der Waals surface area contributed by atoms with Crippen LogP contribution >= 0.6 is 0 Å². The monoisotopic (exact) mass is 325 g/mol. The second-order valence-electron chi connectivity index (χ2n) is 8.25. The highest BCUT2D eigenvalue weighted by Crippen LogP contribution is 2.40. The number of hydrogen-bond acceptors (Lipinski definition) is 4. The van der Waals surface area contributed by atoms with E-state index in [2.05, 4.69) is 24.5 Å². The number of amides is 2. The summed E-state index contributed by atoms with van der Waals surface area (Å²) in [6.45, 7) is 12.4. The summed E-state index contributed by atoms with van der Waals surface area (Å²) in [6.07, 6.45) is 2.21. The van der Waals surface area contributed by atoms with Gasteiger partial charge in [0.05, 0.1) is 0 Å². The molecule has 1 aliphatic heterocycles. The smallest absolute Gasteiger partial charge is 0.407 e. The Kier molecular flexibility index (Phi) is 5.23. The molecule has 1 heterocycles. The van der Waals surface area contributed by atoms with E-state index in [4.69, 9.17) is 4.74 Å². The van der Waals surface area contributed by atoms with Crippen LogP contribution in [-0.4, -0.2) is 54.2 Å². The third-order valence-electron chi connectivity index (χ3n) is 4.90. The molecule has 23 heavy (non-hydrogen) atoms. The molecule has 6 heteroatoms. The molecule has 132 valence electrons. The van der Waals surface area contributed by atoms with Gasteiger partial charge in [0.15, 0.2) is 0 Å². The van der Waals surface area contributed by atoms with Crippen LogP contribution < -0.4 is 10.6 Å². The van der Waals surface area contributed by atoms with E-state index in [9.17, 15) is 9.59 Å². The number of rotatable bonds is 5. The second kappa shape index (κ2) is 6.67. The van der Waals surface area contributed by atoms with Crippen molar-refractivity contribution in [2.45, 2.75) is 71.6 Å². The topological polar surface area (TPSA) is 70.7 Å². The first kappa shape index (κ1) is 18.0. The van der Waals surface area contributed by atoms with Crippen LogP contribution in [0.15, 0.2) is 0 Å². The summed E-state index contributed by atoms with van der Waals surface area (Å²) in [5.74, 6) is 0.268. The Bertz CT molecular complexity index is 456. The van der Waals surface area contributed by atoms with Crippen molar-refractivity contribution < 1.29 is 14.3 Å². The summed E-state index contributed by atoms with van der Waals surface area (Å²) >= 11 is 0. The quantitative estimate of drug-likeness (QED) is 0.810. The molecule has 1 saturated carbocycles. The highest BCUT2D eigenvalue weighted by Gasteiger charge is 2.48. The molecular weight excluding hydrogens is 294 g/mol. The number of nitrogens with one attached hydrogen (secondary N) is 2. The minimum Gasteiger partial charge on any atom is -0.444 e. The van der Waals surface area contributed by atoms with Gasteiger partial charge in [-0.05, 0) is 33.6 Å². The first-order chi connectivity index (χ1) is 10.6.